The largest absolute Gasteiger partial charge is 0.290 e. The molecule has 6 heteroatoms. The second-order valence-electron chi connectivity index (χ2n) is 7.19. The highest BCUT2D eigenvalue weighted by molar-refractivity contribution is 7.89. The lowest BCUT2D eigenvalue weighted by atomic mass is 9.98. The van der Waals surface area contributed by atoms with E-state index in [0.717, 1.165) is 25.1 Å². The Balaban J connectivity index is 1.54. The number of hydrogen-bond acceptors (Lipinski definition) is 4. The number of aryl methyl sites for hydroxylation is 1. The molecule has 2 heterocycles. The molecule has 0 saturated heterocycles. The van der Waals surface area contributed by atoms with Crippen LogP contribution in [0.2, 0.25) is 0 Å². The summed E-state index contributed by atoms with van der Waals surface area (Å²) >= 11 is 1.68. The number of hydrogen-bond donors (Lipinski definition) is 1. The fourth-order valence-electron chi connectivity index (χ4n) is 3.66. The molecule has 0 fully saturated rings. The summed E-state index contributed by atoms with van der Waals surface area (Å²) in [5.41, 5.74) is 3.77. The molecule has 1 atom stereocenters. The van der Waals surface area contributed by atoms with Gasteiger partial charge in [-0.2, -0.15) is 0 Å². The van der Waals surface area contributed by atoms with Crippen molar-refractivity contribution in [3.8, 4) is 0 Å². The highest BCUT2D eigenvalue weighted by atomic mass is 32.2. The summed E-state index contributed by atoms with van der Waals surface area (Å²) in [6.45, 7) is 4.07. The topological polar surface area (TPSA) is 49.4 Å². The molecule has 0 aliphatic carbocycles. The van der Waals surface area contributed by atoms with Crippen LogP contribution in [0, 0.1) is 6.92 Å². The molecule has 2 aromatic carbocycles. The summed E-state index contributed by atoms with van der Waals surface area (Å²) in [5, 5.41) is 2.05. The summed E-state index contributed by atoms with van der Waals surface area (Å²) in [4.78, 5) is 3.88. The van der Waals surface area contributed by atoms with Gasteiger partial charge in [0.25, 0.3) is 0 Å². The molecule has 0 spiro atoms. The Morgan fingerprint density at radius 1 is 1.04 bits per heavy atom. The minimum absolute atomic E-state index is 0.0218. The van der Waals surface area contributed by atoms with Crippen LogP contribution in [-0.4, -0.2) is 26.4 Å². The summed E-state index contributed by atoms with van der Waals surface area (Å²) in [6.07, 6.45) is 0.989. The molecule has 28 heavy (non-hydrogen) atoms. The van der Waals surface area contributed by atoms with Gasteiger partial charge in [0.1, 0.15) is 0 Å². The highest BCUT2D eigenvalue weighted by Gasteiger charge is 2.27. The van der Waals surface area contributed by atoms with Crippen molar-refractivity contribution in [2.45, 2.75) is 30.8 Å². The molecule has 0 amide bonds. The molecule has 0 saturated carbocycles. The Labute approximate surface area is 170 Å². The van der Waals surface area contributed by atoms with Crippen molar-refractivity contribution in [2.24, 2.45) is 0 Å². The molecule has 4 nitrogen and oxygen atoms in total. The second kappa shape index (κ2) is 8.17. The number of nitrogens with zero attached hydrogens (tertiary/aromatic N) is 1. The predicted octanol–water partition coefficient (Wildman–Crippen LogP) is 4.13. The smallest absolute Gasteiger partial charge is 0.240 e. The van der Waals surface area contributed by atoms with Crippen molar-refractivity contribution >= 4 is 21.4 Å². The third kappa shape index (κ3) is 4.20. The monoisotopic (exact) mass is 412 g/mol. The van der Waals surface area contributed by atoms with Crippen molar-refractivity contribution in [1.82, 2.24) is 9.62 Å². The summed E-state index contributed by atoms with van der Waals surface area (Å²) in [6, 6.07) is 19.6. The van der Waals surface area contributed by atoms with Gasteiger partial charge in [0.15, 0.2) is 0 Å². The summed E-state index contributed by atoms with van der Waals surface area (Å²) in [7, 11) is -3.53. The first-order valence-corrected chi connectivity index (χ1v) is 11.8. The van der Waals surface area contributed by atoms with E-state index >= 15 is 0 Å². The van der Waals surface area contributed by atoms with Crippen molar-refractivity contribution in [3.63, 3.8) is 0 Å². The first-order chi connectivity index (χ1) is 13.5. The van der Waals surface area contributed by atoms with Crippen LogP contribution in [0.3, 0.4) is 0 Å². The van der Waals surface area contributed by atoms with E-state index in [2.05, 4.69) is 45.3 Å². The molecule has 0 radical (unpaired) electrons. The van der Waals surface area contributed by atoms with E-state index in [4.69, 9.17) is 0 Å². The molecule has 4 rings (SSSR count). The van der Waals surface area contributed by atoms with Gasteiger partial charge in [-0.1, -0.05) is 48.0 Å². The fraction of sp³-hybridized carbons (Fsp3) is 0.273. The highest BCUT2D eigenvalue weighted by Crippen LogP contribution is 2.30. The number of nitrogens with one attached hydrogen (secondary N) is 1. The van der Waals surface area contributed by atoms with Crippen molar-refractivity contribution in [3.05, 3.63) is 87.6 Å². The van der Waals surface area contributed by atoms with Gasteiger partial charge in [0.05, 0.1) is 10.9 Å². The fourth-order valence-corrected chi connectivity index (χ4v) is 5.56. The maximum atomic E-state index is 12.8. The lowest BCUT2D eigenvalue weighted by Crippen LogP contribution is -2.40. The minimum Gasteiger partial charge on any atom is -0.290 e. The Morgan fingerprint density at radius 2 is 1.79 bits per heavy atom. The zero-order valence-electron chi connectivity index (χ0n) is 15.8. The number of rotatable bonds is 6. The average molecular weight is 413 g/mol. The third-order valence-corrected chi connectivity index (χ3v) is 7.68. The van der Waals surface area contributed by atoms with Gasteiger partial charge in [0, 0.05) is 24.5 Å². The molecular formula is C22H24N2O2S2. The van der Waals surface area contributed by atoms with Crippen LogP contribution in [0.25, 0.3) is 0 Å². The number of thiophene rings is 1. The van der Waals surface area contributed by atoms with Crippen LogP contribution in [0.4, 0.5) is 0 Å². The second-order valence-corrected chi connectivity index (χ2v) is 9.93. The summed E-state index contributed by atoms with van der Waals surface area (Å²) < 4.78 is 28.4. The molecule has 1 aliphatic heterocycles. The molecular weight excluding hydrogens is 388 g/mol. The molecule has 0 unspecified atom stereocenters. The number of fused-ring (bicyclic) bond motifs is 1. The van der Waals surface area contributed by atoms with Crippen molar-refractivity contribution < 1.29 is 8.42 Å². The van der Waals surface area contributed by atoms with Crippen LogP contribution in [0.15, 0.2) is 70.9 Å². The van der Waals surface area contributed by atoms with E-state index < -0.39 is 10.0 Å². The van der Waals surface area contributed by atoms with Crippen LogP contribution in [0.5, 0.6) is 0 Å². The normalized spacial score (nSPS) is 15.9. The quantitative estimate of drug-likeness (QED) is 0.662. The van der Waals surface area contributed by atoms with Crippen molar-refractivity contribution in [1.29, 1.82) is 0 Å². The first-order valence-electron chi connectivity index (χ1n) is 9.43. The molecule has 1 N–H and O–H groups in total. The maximum absolute atomic E-state index is 12.8. The van der Waals surface area contributed by atoms with E-state index in [1.165, 1.54) is 16.0 Å². The van der Waals surface area contributed by atoms with Crippen LogP contribution in [-0.2, 0) is 23.0 Å². The summed E-state index contributed by atoms with van der Waals surface area (Å²) in [5.74, 6) is 0. The lowest BCUT2D eigenvalue weighted by Gasteiger charge is -2.35. The molecule has 0 bridgehead atoms. The zero-order chi connectivity index (χ0) is 19.6. The van der Waals surface area contributed by atoms with E-state index in [9.17, 15) is 8.42 Å². The Kier molecular flexibility index (Phi) is 5.64. The third-order valence-electron chi connectivity index (χ3n) is 5.27. The van der Waals surface area contributed by atoms with Gasteiger partial charge in [-0.3, -0.25) is 4.90 Å². The van der Waals surface area contributed by atoms with E-state index in [1.54, 1.807) is 23.5 Å². The van der Waals surface area contributed by atoms with E-state index in [0.29, 0.717) is 11.4 Å². The van der Waals surface area contributed by atoms with Gasteiger partial charge >= 0.3 is 0 Å². The Bertz CT molecular complexity index is 1030. The average Bonchev–Trinajstić information content (AvgIpc) is 3.23. The molecule has 1 aromatic heterocycles. The standard InChI is InChI=1S/C22H24N2O2S2/c1-17-8-10-20(11-9-17)28(25,26)23-15-21(22-7-4-14-27-22)24-13-12-18-5-2-3-6-19(18)16-24/h2-11,14,21,23H,12-13,15-16H2,1H3/t21-/m0/s1. The van der Waals surface area contributed by atoms with Gasteiger partial charge in [-0.25, -0.2) is 13.1 Å². The van der Waals surface area contributed by atoms with Gasteiger partial charge < -0.3 is 0 Å². The maximum Gasteiger partial charge on any atom is 0.240 e. The lowest BCUT2D eigenvalue weighted by molar-refractivity contribution is 0.183. The minimum atomic E-state index is -3.53. The van der Waals surface area contributed by atoms with Crippen LogP contribution < -0.4 is 4.72 Å². The van der Waals surface area contributed by atoms with Crippen LogP contribution in [0.1, 0.15) is 27.6 Å². The van der Waals surface area contributed by atoms with E-state index in [-0.39, 0.29) is 6.04 Å². The van der Waals surface area contributed by atoms with Gasteiger partial charge in [-0.05, 0) is 48.1 Å². The van der Waals surface area contributed by atoms with Crippen LogP contribution >= 0.6 is 11.3 Å². The number of sulfonamides is 1. The first kappa shape index (κ1) is 19.3. The zero-order valence-corrected chi connectivity index (χ0v) is 17.5. The number of benzene rings is 2. The Hall–Kier alpha value is -1.99. The molecule has 146 valence electrons. The molecule has 3 aromatic rings. The van der Waals surface area contributed by atoms with E-state index in [1.807, 2.05) is 25.1 Å². The van der Waals surface area contributed by atoms with Crippen molar-refractivity contribution in [2.75, 3.05) is 13.1 Å². The Morgan fingerprint density at radius 3 is 2.50 bits per heavy atom. The van der Waals surface area contributed by atoms with Gasteiger partial charge in [-0.15, -0.1) is 11.3 Å². The van der Waals surface area contributed by atoms with Gasteiger partial charge in [0.2, 0.25) is 10.0 Å². The predicted molar refractivity (Wildman–Crippen MR) is 114 cm³/mol. The SMILES string of the molecule is Cc1ccc(S(=O)(=O)NC[C@@H](c2cccs2)N2CCc3ccccc3C2)cc1. The molecule has 1 aliphatic rings.